The lowest BCUT2D eigenvalue weighted by Crippen LogP contribution is -2.29. The smallest absolute Gasteiger partial charge is 0.221 e. The first-order valence-corrected chi connectivity index (χ1v) is 6.57. The molecule has 0 atom stereocenters. The summed E-state index contributed by atoms with van der Waals surface area (Å²) in [5.41, 5.74) is 1.09. The molecule has 0 spiro atoms. The van der Waals surface area contributed by atoms with Crippen molar-refractivity contribution in [1.29, 1.82) is 0 Å². The summed E-state index contributed by atoms with van der Waals surface area (Å²) in [6.07, 6.45) is 4.01. The first-order valence-electron chi connectivity index (χ1n) is 5.78. The highest BCUT2D eigenvalue weighted by atomic mass is 79.9. The summed E-state index contributed by atoms with van der Waals surface area (Å²) in [7, 11) is 1.61. The summed E-state index contributed by atoms with van der Waals surface area (Å²) < 4.78 is 5.80. The minimum absolute atomic E-state index is 0.0342. The van der Waals surface area contributed by atoms with Gasteiger partial charge in [0.2, 0.25) is 5.91 Å². The highest BCUT2D eigenvalue weighted by molar-refractivity contribution is 9.10. The van der Waals surface area contributed by atoms with Gasteiger partial charge in [-0.05, 0) is 27.6 Å². The van der Waals surface area contributed by atoms with Gasteiger partial charge in [-0.3, -0.25) is 9.78 Å². The molecule has 0 saturated carbocycles. The highest BCUT2D eigenvalue weighted by Gasteiger charge is 2.00. The number of nitrogens with zero attached hydrogens (tertiary/aromatic N) is 1. The van der Waals surface area contributed by atoms with E-state index in [-0.39, 0.29) is 5.91 Å². The second-order valence-electron chi connectivity index (χ2n) is 3.78. The van der Waals surface area contributed by atoms with Gasteiger partial charge in [0.1, 0.15) is 0 Å². The van der Waals surface area contributed by atoms with Gasteiger partial charge in [0.25, 0.3) is 0 Å². The summed E-state index contributed by atoms with van der Waals surface area (Å²) in [6, 6.07) is 2.00. The number of methoxy groups -OCH3 is 1. The Hall–Kier alpha value is -0.980. The molecular weight excluding hydrogens is 298 g/mol. The molecule has 100 valence electrons. The fraction of sp³-hybridized carbons (Fsp3) is 0.500. The SMILES string of the molecule is COCCNC(=O)CCNCc1cncc(Br)c1. The number of pyridine rings is 1. The van der Waals surface area contributed by atoms with Crippen molar-refractivity contribution in [1.82, 2.24) is 15.6 Å². The Morgan fingerprint density at radius 1 is 1.44 bits per heavy atom. The molecule has 5 nitrogen and oxygen atoms in total. The molecule has 6 heteroatoms. The fourth-order valence-electron chi connectivity index (χ4n) is 1.37. The molecule has 1 aromatic rings. The van der Waals surface area contributed by atoms with Gasteiger partial charge in [-0.15, -0.1) is 0 Å². The van der Waals surface area contributed by atoms with E-state index in [4.69, 9.17) is 4.74 Å². The lowest BCUT2D eigenvalue weighted by Gasteiger charge is -2.06. The van der Waals surface area contributed by atoms with E-state index in [1.165, 1.54) is 0 Å². The maximum Gasteiger partial charge on any atom is 0.221 e. The number of amides is 1. The van der Waals surface area contributed by atoms with Crippen molar-refractivity contribution >= 4 is 21.8 Å². The third kappa shape index (κ3) is 6.68. The van der Waals surface area contributed by atoms with Crippen LogP contribution in [0.15, 0.2) is 22.9 Å². The number of ether oxygens (including phenoxy) is 1. The molecule has 0 bridgehead atoms. The van der Waals surface area contributed by atoms with E-state index < -0.39 is 0 Å². The van der Waals surface area contributed by atoms with Gasteiger partial charge in [-0.2, -0.15) is 0 Å². The summed E-state index contributed by atoms with van der Waals surface area (Å²) in [5, 5.41) is 5.96. The molecule has 0 aliphatic rings. The average molecular weight is 316 g/mol. The van der Waals surface area contributed by atoms with Crippen LogP contribution in [0, 0.1) is 0 Å². The zero-order valence-electron chi connectivity index (χ0n) is 10.4. The molecule has 0 saturated heterocycles. The van der Waals surface area contributed by atoms with E-state index in [9.17, 15) is 4.79 Å². The Balaban J connectivity index is 2.09. The first-order chi connectivity index (χ1) is 8.72. The van der Waals surface area contributed by atoms with Crippen molar-refractivity contribution in [3.05, 3.63) is 28.5 Å². The maximum atomic E-state index is 11.4. The quantitative estimate of drug-likeness (QED) is 0.705. The Morgan fingerprint density at radius 2 is 2.28 bits per heavy atom. The number of aromatic nitrogens is 1. The number of rotatable bonds is 8. The van der Waals surface area contributed by atoms with Crippen molar-refractivity contribution in [2.24, 2.45) is 0 Å². The molecule has 0 unspecified atom stereocenters. The molecule has 1 heterocycles. The largest absolute Gasteiger partial charge is 0.383 e. The predicted molar refractivity (Wildman–Crippen MR) is 73.1 cm³/mol. The van der Waals surface area contributed by atoms with E-state index in [1.807, 2.05) is 6.07 Å². The number of hydrogen-bond donors (Lipinski definition) is 2. The molecule has 18 heavy (non-hydrogen) atoms. The Labute approximate surface area is 115 Å². The molecule has 0 aliphatic heterocycles. The van der Waals surface area contributed by atoms with Crippen LogP contribution in [0.3, 0.4) is 0 Å². The van der Waals surface area contributed by atoms with Crippen molar-refractivity contribution in [3.63, 3.8) is 0 Å². The molecule has 0 radical (unpaired) electrons. The van der Waals surface area contributed by atoms with Crippen LogP contribution in [0.5, 0.6) is 0 Å². The number of carbonyl (C=O) groups excluding carboxylic acids is 1. The molecule has 0 aromatic carbocycles. The van der Waals surface area contributed by atoms with Crippen LogP contribution in [-0.4, -0.2) is 37.7 Å². The van der Waals surface area contributed by atoms with E-state index in [2.05, 4.69) is 31.5 Å². The van der Waals surface area contributed by atoms with Gasteiger partial charge in [0.15, 0.2) is 0 Å². The Morgan fingerprint density at radius 3 is 3.00 bits per heavy atom. The van der Waals surface area contributed by atoms with Crippen LogP contribution in [0.2, 0.25) is 0 Å². The maximum absolute atomic E-state index is 11.4. The molecule has 2 N–H and O–H groups in total. The zero-order valence-corrected chi connectivity index (χ0v) is 12.0. The van der Waals surface area contributed by atoms with Gasteiger partial charge in [-0.1, -0.05) is 0 Å². The second-order valence-corrected chi connectivity index (χ2v) is 4.70. The van der Waals surface area contributed by atoms with Gasteiger partial charge >= 0.3 is 0 Å². The summed E-state index contributed by atoms with van der Waals surface area (Å²) >= 11 is 3.36. The molecule has 1 aromatic heterocycles. The Bertz CT molecular complexity index is 374. The van der Waals surface area contributed by atoms with Crippen molar-refractivity contribution in [2.45, 2.75) is 13.0 Å². The third-order valence-electron chi connectivity index (χ3n) is 2.25. The topological polar surface area (TPSA) is 63.2 Å². The molecule has 1 rings (SSSR count). The van der Waals surface area contributed by atoms with E-state index in [0.717, 1.165) is 10.0 Å². The van der Waals surface area contributed by atoms with Crippen LogP contribution in [0.4, 0.5) is 0 Å². The van der Waals surface area contributed by atoms with Crippen LogP contribution >= 0.6 is 15.9 Å². The van der Waals surface area contributed by atoms with Crippen LogP contribution in [0.25, 0.3) is 0 Å². The second kappa shape index (κ2) is 9.02. The average Bonchev–Trinajstić information content (AvgIpc) is 2.35. The van der Waals surface area contributed by atoms with Gasteiger partial charge < -0.3 is 15.4 Å². The zero-order chi connectivity index (χ0) is 13.2. The van der Waals surface area contributed by atoms with E-state index in [0.29, 0.717) is 32.7 Å². The monoisotopic (exact) mass is 315 g/mol. The molecule has 0 fully saturated rings. The summed E-state index contributed by atoms with van der Waals surface area (Å²) in [5.74, 6) is 0.0342. The number of hydrogen-bond acceptors (Lipinski definition) is 4. The lowest BCUT2D eigenvalue weighted by atomic mass is 10.3. The van der Waals surface area contributed by atoms with E-state index >= 15 is 0 Å². The van der Waals surface area contributed by atoms with Gasteiger partial charge in [0.05, 0.1) is 6.61 Å². The van der Waals surface area contributed by atoms with Crippen molar-refractivity contribution in [3.8, 4) is 0 Å². The van der Waals surface area contributed by atoms with Crippen molar-refractivity contribution < 1.29 is 9.53 Å². The number of halogens is 1. The first kappa shape index (κ1) is 15.1. The number of carbonyl (C=O) groups is 1. The van der Waals surface area contributed by atoms with Crippen LogP contribution in [-0.2, 0) is 16.1 Å². The van der Waals surface area contributed by atoms with Gasteiger partial charge in [-0.25, -0.2) is 0 Å². The minimum atomic E-state index is 0.0342. The van der Waals surface area contributed by atoms with E-state index in [1.54, 1.807) is 19.5 Å². The molecular formula is C12H18BrN3O2. The normalized spacial score (nSPS) is 10.3. The van der Waals surface area contributed by atoms with Crippen LogP contribution < -0.4 is 10.6 Å². The standard InChI is InChI=1S/C12H18BrN3O2/c1-18-5-4-16-12(17)2-3-14-7-10-6-11(13)9-15-8-10/h6,8-9,14H,2-5,7H2,1H3,(H,16,17). The van der Waals surface area contributed by atoms with Crippen molar-refractivity contribution in [2.75, 3.05) is 26.8 Å². The Kier molecular flexibility index (Phi) is 7.55. The minimum Gasteiger partial charge on any atom is -0.383 e. The number of nitrogens with one attached hydrogen (secondary N) is 2. The van der Waals surface area contributed by atoms with Gasteiger partial charge in [0, 0.05) is 50.0 Å². The highest BCUT2D eigenvalue weighted by Crippen LogP contribution is 2.08. The lowest BCUT2D eigenvalue weighted by molar-refractivity contribution is -0.121. The summed E-state index contributed by atoms with van der Waals surface area (Å²) in [4.78, 5) is 15.4. The third-order valence-corrected chi connectivity index (χ3v) is 2.68. The predicted octanol–water partition coefficient (Wildman–Crippen LogP) is 1.09. The fourth-order valence-corrected chi connectivity index (χ4v) is 1.78. The molecule has 1 amide bonds. The summed E-state index contributed by atoms with van der Waals surface area (Å²) in [6.45, 7) is 2.46. The van der Waals surface area contributed by atoms with Crippen LogP contribution in [0.1, 0.15) is 12.0 Å². The molecule has 0 aliphatic carbocycles.